The maximum atomic E-state index is 10.4. The number of fused-ring (bicyclic) bond motifs is 1. The summed E-state index contributed by atoms with van der Waals surface area (Å²) in [5.41, 5.74) is 6.93. The maximum absolute atomic E-state index is 10.4. The molecular weight excluding hydrogens is 256 g/mol. The Balaban J connectivity index is 1.67. The van der Waals surface area contributed by atoms with E-state index in [2.05, 4.69) is 4.90 Å². The van der Waals surface area contributed by atoms with Crippen LogP contribution in [0.1, 0.15) is 24.5 Å². The molecule has 1 aromatic rings. The maximum Gasteiger partial charge on any atom is 0.161 e. The Hall–Kier alpha value is -1.30. The topological polar surface area (TPSA) is 68.0 Å². The van der Waals surface area contributed by atoms with Crippen molar-refractivity contribution in [1.82, 2.24) is 4.90 Å². The van der Waals surface area contributed by atoms with Gasteiger partial charge in [-0.1, -0.05) is 6.07 Å². The average molecular weight is 278 g/mol. The van der Waals surface area contributed by atoms with Crippen LogP contribution in [0.5, 0.6) is 11.5 Å². The summed E-state index contributed by atoms with van der Waals surface area (Å²) in [6.07, 6.45) is 1.78. The standard InChI is InChI=1S/C15H22N2O3/c16-12(10-17-5-1-2-6-17)15(18)11-3-4-13-14(9-11)20-8-7-19-13/h3-4,9,12,15,18H,1-2,5-8,10,16H2/t12-,15-/m1/s1. The van der Waals surface area contributed by atoms with Gasteiger partial charge in [-0.3, -0.25) is 0 Å². The molecule has 5 nitrogen and oxygen atoms in total. The molecule has 3 rings (SSSR count). The van der Waals surface area contributed by atoms with Crippen LogP contribution in [0.15, 0.2) is 18.2 Å². The van der Waals surface area contributed by atoms with Crippen molar-refractivity contribution in [2.75, 3.05) is 32.8 Å². The number of nitrogens with zero attached hydrogens (tertiary/aromatic N) is 1. The molecule has 0 radical (unpaired) electrons. The third-order valence-corrected chi connectivity index (χ3v) is 3.98. The fourth-order valence-corrected chi connectivity index (χ4v) is 2.85. The second-order valence-electron chi connectivity index (χ2n) is 5.52. The van der Waals surface area contributed by atoms with E-state index in [0.29, 0.717) is 19.0 Å². The third kappa shape index (κ3) is 2.90. The largest absolute Gasteiger partial charge is 0.486 e. The van der Waals surface area contributed by atoms with Gasteiger partial charge >= 0.3 is 0 Å². The molecule has 0 spiro atoms. The van der Waals surface area contributed by atoms with Crippen LogP contribution in [0.25, 0.3) is 0 Å². The summed E-state index contributed by atoms with van der Waals surface area (Å²) in [5.74, 6) is 1.43. The molecule has 110 valence electrons. The number of likely N-dealkylation sites (tertiary alicyclic amines) is 1. The van der Waals surface area contributed by atoms with Crippen molar-refractivity contribution in [2.24, 2.45) is 5.73 Å². The summed E-state index contributed by atoms with van der Waals surface area (Å²) >= 11 is 0. The molecule has 3 N–H and O–H groups in total. The highest BCUT2D eigenvalue weighted by Crippen LogP contribution is 2.33. The van der Waals surface area contributed by atoms with Gasteiger partial charge in [-0.25, -0.2) is 0 Å². The van der Waals surface area contributed by atoms with Crippen molar-refractivity contribution >= 4 is 0 Å². The number of aliphatic hydroxyl groups excluding tert-OH is 1. The van der Waals surface area contributed by atoms with Gasteiger partial charge in [0, 0.05) is 12.6 Å². The van der Waals surface area contributed by atoms with E-state index in [9.17, 15) is 5.11 Å². The van der Waals surface area contributed by atoms with E-state index in [1.807, 2.05) is 18.2 Å². The first kappa shape index (κ1) is 13.7. The minimum Gasteiger partial charge on any atom is -0.486 e. The molecule has 20 heavy (non-hydrogen) atoms. The van der Waals surface area contributed by atoms with Gasteiger partial charge < -0.3 is 25.2 Å². The monoisotopic (exact) mass is 278 g/mol. The molecule has 0 aliphatic carbocycles. The van der Waals surface area contributed by atoms with Gasteiger partial charge in [0.15, 0.2) is 11.5 Å². The van der Waals surface area contributed by atoms with E-state index >= 15 is 0 Å². The highest BCUT2D eigenvalue weighted by atomic mass is 16.6. The van der Waals surface area contributed by atoms with E-state index in [1.165, 1.54) is 12.8 Å². The van der Waals surface area contributed by atoms with Crippen LogP contribution in [0.4, 0.5) is 0 Å². The van der Waals surface area contributed by atoms with E-state index < -0.39 is 6.10 Å². The summed E-state index contributed by atoms with van der Waals surface area (Å²) in [4.78, 5) is 2.31. The molecule has 0 amide bonds. The molecule has 2 aliphatic heterocycles. The van der Waals surface area contributed by atoms with Crippen molar-refractivity contribution in [3.63, 3.8) is 0 Å². The fraction of sp³-hybridized carbons (Fsp3) is 0.600. The third-order valence-electron chi connectivity index (χ3n) is 3.98. The molecule has 1 aromatic carbocycles. The number of benzene rings is 1. The molecule has 2 heterocycles. The Labute approximate surface area is 119 Å². The fourth-order valence-electron chi connectivity index (χ4n) is 2.85. The van der Waals surface area contributed by atoms with Gasteiger partial charge in [-0.15, -0.1) is 0 Å². The highest BCUT2D eigenvalue weighted by molar-refractivity contribution is 5.44. The number of nitrogens with two attached hydrogens (primary N) is 1. The van der Waals surface area contributed by atoms with Crippen LogP contribution < -0.4 is 15.2 Å². The minimum atomic E-state index is -0.675. The van der Waals surface area contributed by atoms with E-state index in [-0.39, 0.29) is 6.04 Å². The SMILES string of the molecule is N[C@H](CN1CCCC1)[C@H](O)c1ccc2c(c1)OCCO2. The van der Waals surface area contributed by atoms with Gasteiger partial charge in [-0.05, 0) is 43.6 Å². The van der Waals surface area contributed by atoms with Gasteiger partial charge in [0.05, 0.1) is 6.10 Å². The second-order valence-corrected chi connectivity index (χ2v) is 5.52. The van der Waals surface area contributed by atoms with Gasteiger partial charge in [-0.2, -0.15) is 0 Å². The van der Waals surface area contributed by atoms with Crippen LogP contribution in [-0.4, -0.2) is 48.9 Å². The lowest BCUT2D eigenvalue weighted by Crippen LogP contribution is -2.40. The minimum absolute atomic E-state index is 0.282. The summed E-state index contributed by atoms with van der Waals surface area (Å²) in [7, 11) is 0. The van der Waals surface area contributed by atoms with Crippen molar-refractivity contribution in [3.05, 3.63) is 23.8 Å². The summed E-state index contributed by atoms with van der Waals surface area (Å²) in [6.45, 7) is 4.02. The van der Waals surface area contributed by atoms with E-state index in [1.54, 1.807) is 0 Å². The van der Waals surface area contributed by atoms with Crippen molar-refractivity contribution < 1.29 is 14.6 Å². The normalized spacial score (nSPS) is 21.7. The molecular formula is C15H22N2O3. The number of hydrogen-bond donors (Lipinski definition) is 2. The molecule has 1 saturated heterocycles. The van der Waals surface area contributed by atoms with Crippen molar-refractivity contribution in [2.45, 2.75) is 25.0 Å². The van der Waals surface area contributed by atoms with Crippen molar-refractivity contribution in [1.29, 1.82) is 0 Å². The predicted octanol–water partition coefficient (Wildman–Crippen LogP) is 0.914. The second kappa shape index (κ2) is 5.99. The zero-order valence-electron chi connectivity index (χ0n) is 11.6. The van der Waals surface area contributed by atoms with Gasteiger partial charge in [0.1, 0.15) is 13.2 Å². The highest BCUT2D eigenvalue weighted by Gasteiger charge is 2.23. The first-order valence-electron chi connectivity index (χ1n) is 7.29. The molecule has 0 unspecified atom stereocenters. The zero-order valence-corrected chi connectivity index (χ0v) is 11.6. The predicted molar refractivity (Wildman–Crippen MR) is 76.0 cm³/mol. The lowest BCUT2D eigenvalue weighted by atomic mass is 10.0. The molecule has 0 bridgehead atoms. The van der Waals surface area contributed by atoms with E-state index in [4.69, 9.17) is 15.2 Å². The Morgan fingerprint density at radius 1 is 1.15 bits per heavy atom. The van der Waals surface area contributed by atoms with Crippen LogP contribution >= 0.6 is 0 Å². The first-order chi connectivity index (χ1) is 9.74. The molecule has 0 aromatic heterocycles. The smallest absolute Gasteiger partial charge is 0.161 e. The first-order valence-corrected chi connectivity index (χ1v) is 7.29. The lowest BCUT2D eigenvalue weighted by molar-refractivity contribution is 0.124. The summed E-state index contributed by atoms with van der Waals surface area (Å²) < 4.78 is 11.0. The molecule has 0 saturated carbocycles. The number of aliphatic hydroxyl groups is 1. The lowest BCUT2D eigenvalue weighted by Gasteiger charge is -2.26. The van der Waals surface area contributed by atoms with Crippen LogP contribution in [-0.2, 0) is 0 Å². The van der Waals surface area contributed by atoms with Gasteiger partial charge in [0.2, 0.25) is 0 Å². The Bertz CT molecular complexity index is 460. The van der Waals surface area contributed by atoms with Crippen LogP contribution in [0, 0.1) is 0 Å². The van der Waals surface area contributed by atoms with Crippen LogP contribution in [0.3, 0.4) is 0 Å². The Kier molecular flexibility index (Phi) is 4.10. The summed E-state index contributed by atoms with van der Waals surface area (Å²) in [5, 5.41) is 10.4. The van der Waals surface area contributed by atoms with Gasteiger partial charge in [0.25, 0.3) is 0 Å². The Morgan fingerprint density at radius 3 is 2.60 bits per heavy atom. The molecule has 2 aliphatic rings. The number of hydrogen-bond acceptors (Lipinski definition) is 5. The average Bonchev–Trinajstić information content (AvgIpc) is 2.99. The molecule has 5 heteroatoms. The number of rotatable bonds is 4. The summed E-state index contributed by atoms with van der Waals surface area (Å²) in [6, 6.07) is 5.26. The molecule has 2 atom stereocenters. The Morgan fingerprint density at radius 2 is 1.85 bits per heavy atom. The zero-order chi connectivity index (χ0) is 13.9. The quantitative estimate of drug-likeness (QED) is 0.857. The van der Waals surface area contributed by atoms with Crippen molar-refractivity contribution in [3.8, 4) is 11.5 Å². The number of ether oxygens (including phenoxy) is 2. The molecule has 1 fully saturated rings. The van der Waals surface area contributed by atoms with Crippen LogP contribution in [0.2, 0.25) is 0 Å². The van der Waals surface area contributed by atoms with E-state index in [0.717, 1.165) is 30.9 Å².